The molecule has 7 heteroatoms. The highest BCUT2D eigenvalue weighted by Crippen LogP contribution is 2.23. The van der Waals surface area contributed by atoms with E-state index < -0.39 is 0 Å². The Morgan fingerprint density at radius 1 is 1.15 bits per heavy atom. The van der Waals surface area contributed by atoms with Gasteiger partial charge < -0.3 is 5.32 Å². The Morgan fingerprint density at radius 3 is 2.65 bits per heavy atom. The maximum Gasteiger partial charge on any atom is 0.243 e. The first-order chi connectivity index (χ1) is 12.6. The van der Waals surface area contributed by atoms with Crippen LogP contribution in [0.25, 0.3) is 11.4 Å². The van der Waals surface area contributed by atoms with Gasteiger partial charge in [0.2, 0.25) is 11.7 Å². The number of rotatable bonds is 7. The normalized spacial score (nSPS) is 11.9. The molecule has 2 aromatic carbocycles. The molecule has 0 fully saturated rings. The molecule has 0 aliphatic heterocycles. The van der Waals surface area contributed by atoms with Crippen molar-refractivity contribution in [3.8, 4) is 11.4 Å². The van der Waals surface area contributed by atoms with E-state index in [9.17, 15) is 4.79 Å². The molecule has 6 nitrogen and oxygen atoms in total. The highest BCUT2D eigenvalue weighted by atomic mass is 35.5. The Kier molecular flexibility index (Phi) is 5.96. The second-order valence-electron chi connectivity index (χ2n) is 6.12. The van der Waals surface area contributed by atoms with Gasteiger partial charge in [-0.3, -0.25) is 4.79 Å². The molecule has 26 heavy (non-hydrogen) atoms. The third-order valence-electron chi connectivity index (χ3n) is 3.97. The Hall–Kier alpha value is -2.73. The lowest BCUT2D eigenvalue weighted by atomic mass is 10.1. The average Bonchev–Trinajstić information content (AvgIpc) is 3.09. The standard InChI is InChI=1S/C19H20ClN5O/c1-14(11-12-15-7-3-2-4-8-15)21-18(26)13-25-23-19(22-24-25)16-9-5-6-10-17(16)20/h2-10,14H,11-13H2,1H3,(H,21,26). The maximum absolute atomic E-state index is 12.2. The molecule has 0 saturated heterocycles. The molecule has 1 aromatic heterocycles. The van der Waals surface area contributed by atoms with E-state index in [4.69, 9.17) is 11.6 Å². The number of carbonyl (C=O) groups excluding carboxylic acids is 1. The van der Waals surface area contributed by atoms with E-state index in [-0.39, 0.29) is 18.5 Å². The average molecular weight is 370 g/mol. The molecule has 0 saturated carbocycles. The second kappa shape index (κ2) is 8.58. The fraction of sp³-hybridized carbons (Fsp3) is 0.263. The van der Waals surface area contributed by atoms with Crippen molar-refractivity contribution in [2.75, 3.05) is 0 Å². The van der Waals surface area contributed by atoms with Crippen LogP contribution in [-0.2, 0) is 17.8 Å². The molecule has 1 amide bonds. The Bertz CT molecular complexity index is 865. The molecular formula is C19H20ClN5O. The third-order valence-corrected chi connectivity index (χ3v) is 4.30. The topological polar surface area (TPSA) is 72.7 Å². The van der Waals surface area contributed by atoms with Gasteiger partial charge in [0.15, 0.2) is 0 Å². The van der Waals surface area contributed by atoms with E-state index in [1.165, 1.54) is 10.4 Å². The molecule has 134 valence electrons. The number of aromatic nitrogens is 4. The Labute approximate surface area is 157 Å². The first-order valence-corrected chi connectivity index (χ1v) is 8.85. The largest absolute Gasteiger partial charge is 0.352 e. The fourth-order valence-corrected chi connectivity index (χ4v) is 2.83. The van der Waals surface area contributed by atoms with Crippen molar-refractivity contribution in [3.63, 3.8) is 0 Å². The minimum Gasteiger partial charge on any atom is -0.352 e. The molecule has 1 N–H and O–H groups in total. The number of carbonyl (C=O) groups is 1. The van der Waals surface area contributed by atoms with Crippen molar-refractivity contribution >= 4 is 17.5 Å². The van der Waals surface area contributed by atoms with Crippen LogP contribution in [0.3, 0.4) is 0 Å². The molecule has 0 aliphatic rings. The number of nitrogens with one attached hydrogen (secondary N) is 1. The van der Waals surface area contributed by atoms with Gasteiger partial charge in [-0.05, 0) is 42.7 Å². The van der Waals surface area contributed by atoms with Gasteiger partial charge in [-0.2, -0.15) is 4.80 Å². The zero-order valence-corrected chi connectivity index (χ0v) is 15.2. The predicted molar refractivity (Wildman–Crippen MR) is 101 cm³/mol. The number of aryl methyl sites for hydroxylation is 1. The molecule has 1 atom stereocenters. The number of hydrogen-bond donors (Lipinski definition) is 1. The van der Waals surface area contributed by atoms with Crippen LogP contribution in [0.5, 0.6) is 0 Å². The summed E-state index contributed by atoms with van der Waals surface area (Å²) < 4.78 is 0. The van der Waals surface area contributed by atoms with E-state index in [2.05, 4.69) is 32.9 Å². The van der Waals surface area contributed by atoms with Gasteiger partial charge in [0.05, 0.1) is 5.02 Å². The Morgan fingerprint density at radius 2 is 1.88 bits per heavy atom. The summed E-state index contributed by atoms with van der Waals surface area (Å²) in [4.78, 5) is 13.5. The number of tetrazole rings is 1. The van der Waals surface area contributed by atoms with Crippen molar-refractivity contribution in [3.05, 3.63) is 65.2 Å². The fourth-order valence-electron chi connectivity index (χ4n) is 2.61. The zero-order chi connectivity index (χ0) is 18.4. The summed E-state index contributed by atoms with van der Waals surface area (Å²) in [6.07, 6.45) is 1.78. The summed E-state index contributed by atoms with van der Waals surface area (Å²) >= 11 is 6.13. The lowest BCUT2D eigenvalue weighted by Crippen LogP contribution is -2.35. The van der Waals surface area contributed by atoms with Crippen LogP contribution in [0.15, 0.2) is 54.6 Å². The number of hydrogen-bond acceptors (Lipinski definition) is 4. The van der Waals surface area contributed by atoms with E-state index >= 15 is 0 Å². The number of halogens is 1. The molecular weight excluding hydrogens is 350 g/mol. The molecule has 0 radical (unpaired) electrons. The first kappa shape index (κ1) is 18.1. The lowest BCUT2D eigenvalue weighted by molar-refractivity contribution is -0.122. The lowest BCUT2D eigenvalue weighted by Gasteiger charge is -2.13. The SMILES string of the molecule is CC(CCc1ccccc1)NC(=O)Cn1nnc(-c2ccccc2Cl)n1. The van der Waals surface area contributed by atoms with Gasteiger partial charge in [0, 0.05) is 11.6 Å². The van der Waals surface area contributed by atoms with Crippen LogP contribution in [0.4, 0.5) is 0 Å². The van der Waals surface area contributed by atoms with Crippen molar-refractivity contribution in [1.82, 2.24) is 25.5 Å². The number of nitrogens with zero attached hydrogens (tertiary/aromatic N) is 4. The van der Waals surface area contributed by atoms with Crippen molar-refractivity contribution in [2.45, 2.75) is 32.4 Å². The summed E-state index contributed by atoms with van der Waals surface area (Å²) in [5, 5.41) is 15.6. The van der Waals surface area contributed by atoms with Gasteiger partial charge >= 0.3 is 0 Å². The minimum absolute atomic E-state index is 0.0210. The number of amides is 1. The van der Waals surface area contributed by atoms with Gasteiger partial charge in [0.1, 0.15) is 6.54 Å². The third kappa shape index (κ3) is 4.89. The second-order valence-corrected chi connectivity index (χ2v) is 6.52. The smallest absolute Gasteiger partial charge is 0.243 e. The number of benzene rings is 2. The van der Waals surface area contributed by atoms with Crippen molar-refractivity contribution in [1.29, 1.82) is 0 Å². The van der Waals surface area contributed by atoms with E-state index in [1.807, 2.05) is 43.3 Å². The van der Waals surface area contributed by atoms with Gasteiger partial charge in [-0.1, -0.05) is 54.1 Å². The summed E-state index contributed by atoms with van der Waals surface area (Å²) in [5.74, 6) is 0.259. The van der Waals surface area contributed by atoms with Gasteiger partial charge in [-0.25, -0.2) is 0 Å². The highest BCUT2D eigenvalue weighted by molar-refractivity contribution is 6.33. The quantitative estimate of drug-likeness (QED) is 0.694. The van der Waals surface area contributed by atoms with E-state index in [1.54, 1.807) is 6.07 Å². The highest BCUT2D eigenvalue weighted by Gasteiger charge is 2.13. The molecule has 3 aromatic rings. The maximum atomic E-state index is 12.2. The van der Waals surface area contributed by atoms with Gasteiger partial charge in [-0.15, -0.1) is 10.2 Å². The Balaban J connectivity index is 1.51. The predicted octanol–water partition coefficient (Wildman–Crippen LogP) is 3.13. The molecule has 1 heterocycles. The van der Waals surface area contributed by atoms with Crippen LogP contribution >= 0.6 is 11.6 Å². The van der Waals surface area contributed by atoms with Gasteiger partial charge in [0.25, 0.3) is 0 Å². The monoisotopic (exact) mass is 369 g/mol. The molecule has 0 bridgehead atoms. The zero-order valence-electron chi connectivity index (χ0n) is 14.5. The van der Waals surface area contributed by atoms with Crippen LogP contribution in [0, 0.1) is 0 Å². The van der Waals surface area contributed by atoms with Crippen LogP contribution in [-0.4, -0.2) is 32.2 Å². The van der Waals surface area contributed by atoms with E-state index in [0.29, 0.717) is 16.4 Å². The summed E-state index contributed by atoms with van der Waals surface area (Å²) in [6.45, 7) is 2.01. The first-order valence-electron chi connectivity index (χ1n) is 8.48. The van der Waals surface area contributed by atoms with Crippen LogP contribution < -0.4 is 5.32 Å². The summed E-state index contributed by atoms with van der Waals surface area (Å²) in [5.41, 5.74) is 1.95. The molecule has 1 unspecified atom stereocenters. The van der Waals surface area contributed by atoms with Crippen LogP contribution in [0.2, 0.25) is 5.02 Å². The van der Waals surface area contributed by atoms with Crippen LogP contribution in [0.1, 0.15) is 18.9 Å². The van der Waals surface area contributed by atoms with Crippen molar-refractivity contribution in [2.24, 2.45) is 0 Å². The summed E-state index contributed by atoms with van der Waals surface area (Å²) in [6, 6.07) is 17.5. The molecule has 0 aliphatic carbocycles. The summed E-state index contributed by atoms with van der Waals surface area (Å²) in [7, 11) is 0. The van der Waals surface area contributed by atoms with Crippen molar-refractivity contribution < 1.29 is 4.79 Å². The molecule has 0 spiro atoms. The minimum atomic E-state index is -0.145. The molecule has 3 rings (SSSR count). The van der Waals surface area contributed by atoms with E-state index in [0.717, 1.165) is 12.8 Å².